The van der Waals surface area contributed by atoms with E-state index in [0.29, 0.717) is 23.0 Å². The lowest BCUT2D eigenvalue weighted by atomic mass is 10.1. The molecule has 1 aromatic rings. The van der Waals surface area contributed by atoms with Crippen molar-refractivity contribution in [3.63, 3.8) is 0 Å². The minimum Gasteiger partial charge on any atom is -0.308 e. The van der Waals surface area contributed by atoms with Crippen LogP contribution in [0.15, 0.2) is 23.2 Å². The second-order valence-electron chi connectivity index (χ2n) is 3.79. The van der Waals surface area contributed by atoms with Crippen molar-refractivity contribution in [2.45, 2.75) is 25.8 Å². The van der Waals surface area contributed by atoms with Crippen LogP contribution in [0.5, 0.6) is 0 Å². The van der Waals surface area contributed by atoms with E-state index in [9.17, 15) is 4.39 Å². The summed E-state index contributed by atoms with van der Waals surface area (Å²) in [5.74, 6) is 5.54. The van der Waals surface area contributed by atoms with Gasteiger partial charge in [0.05, 0.1) is 11.6 Å². The molecule has 1 aliphatic carbocycles. The molecular weight excluding hydrogens is 193 g/mol. The van der Waals surface area contributed by atoms with E-state index in [1.807, 2.05) is 0 Å². The molecule has 3 nitrogen and oxygen atoms in total. The van der Waals surface area contributed by atoms with Crippen LogP contribution >= 0.6 is 0 Å². The van der Waals surface area contributed by atoms with E-state index in [-0.39, 0.29) is 5.82 Å². The summed E-state index contributed by atoms with van der Waals surface area (Å²) in [6.07, 6.45) is 2.14. The smallest absolute Gasteiger partial charge is 0.145 e. The van der Waals surface area contributed by atoms with Gasteiger partial charge < -0.3 is 5.43 Å². The van der Waals surface area contributed by atoms with Gasteiger partial charge in [-0.3, -0.25) is 4.99 Å². The van der Waals surface area contributed by atoms with Crippen LogP contribution in [0.2, 0.25) is 0 Å². The van der Waals surface area contributed by atoms with Crippen LogP contribution in [0.4, 0.5) is 4.39 Å². The number of hydrogen-bond donors (Lipinski definition) is 2. The maximum absolute atomic E-state index is 13.7. The van der Waals surface area contributed by atoms with Gasteiger partial charge in [-0.1, -0.05) is 12.1 Å². The van der Waals surface area contributed by atoms with Crippen molar-refractivity contribution in [3.8, 4) is 0 Å². The number of nitrogens with one attached hydrogen (secondary N) is 1. The molecule has 0 bridgehead atoms. The van der Waals surface area contributed by atoms with Gasteiger partial charge in [0.2, 0.25) is 0 Å². The zero-order valence-corrected chi connectivity index (χ0v) is 8.63. The average molecular weight is 207 g/mol. The van der Waals surface area contributed by atoms with Crippen molar-refractivity contribution in [2.24, 2.45) is 10.8 Å². The number of aryl methyl sites for hydroxylation is 1. The normalized spacial score (nSPS) is 16.6. The number of hydrazine groups is 1. The van der Waals surface area contributed by atoms with Gasteiger partial charge in [0, 0.05) is 0 Å². The molecule has 0 radical (unpaired) electrons. The largest absolute Gasteiger partial charge is 0.308 e. The zero-order valence-electron chi connectivity index (χ0n) is 8.63. The fraction of sp³-hybridized carbons (Fsp3) is 0.364. The number of amidine groups is 1. The van der Waals surface area contributed by atoms with Gasteiger partial charge in [-0.15, -0.1) is 0 Å². The first kappa shape index (κ1) is 10.1. The minimum atomic E-state index is -0.255. The summed E-state index contributed by atoms with van der Waals surface area (Å²) in [5, 5.41) is 0. The maximum atomic E-state index is 13.7. The molecule has 0 heterocycles. The van der Waals surface area contributed by atoms with E-state index in [4.69, 9.17) is 5.84 Å². The van der Waals surface area contributed by atoms with Crippen molar-refractivity contribution in [2.75, 3.05) is 0 Å². The molecule has 0 unspecified atom stereocenters. The van der Waals surface area contributed by atoms with Crippen molar-refractivity contribution in [3.05, 3.63) is 35.1 Å². The summed E-state index contributed by atoms with van der Waals surface area (Å²) in [6, 6.07) is 5.53. The highest BCUT2D eigenvalue weighted by atomic mass is 19.1. The van der Waals surface area contributed by atoms with Gasteiger partial charge in [0.15, 0.2) is 0 Å². The number of nitrogens with two attached hydrogens (primary N) is 1. The molecule has 0 atom stereocenters. The maximum Gasteiger partial charge on any atom is 0.145 e. The van der Waals surface area contributed by atoms with Crippen LogP contribution in [0.3, 0.4) is 0 Å². The number of rotatable bonds is 2. The summed E-state index contributed by atoms with van der Waals surface area (Å²) in [6.45, 7) is 1.73. The fourth-order valence-electron chi connectivity index (χ4n) is 1.40. The number of hydrogen-bond acceptors (Lipinski definition) is 2. The first-order valence-corrected chi connectivity index (χ1v) is 5.02. The Labute approximate surface area is 88.2 Å². The highest BCUT2D eigenvalue weighted by Gasteiger charge is 2.22. The Kier molecular flexibility index (Phi) is 2.68. The van der Waals surface area contributed by atoms with E-state index in [1.165, 1.54) is 0 Å². The summed E-state index contributed by atoms with van der Waals surface area (Å²) in [4.78, 5) is 4.32. The molecule has 0 amide bonds. The Morgan fingerprint density at radius 3 is 2.87 bits per heavy atom. The average Bonchev–Trinajstić information content (AvgIpc) is 3.03. The van der Waals surface area contributed by atoms with Crippen LogP contribution < -0.4 is 11.3 Å². The van der Waals surface area contributed by atoms with Gasteiger partial charge in [-0.25, -0.2) is 10.2 Å². The van der Waals surface area contributed by atoms with Crippen LogP contribution in [-0.2, 0) is 0 Å². The molecule has 1 fully saturated rings. The molecule has 1 aliphatic rings. The predicted octanol–water partition coefficient (Wildman–Crippen LogP) is 1.51. The summed E-state index contributed by atoms with van der Waals surface area (Å²) >= 11 is 0. The molecule has 0 spiro atoms. The van der Waals surface area contributed by atoms with Crippen LogP contribution in [-0.4, -0.2) is 11.9 Å². The molecule has 4 heteroatoms. The third-order valence-corrected chi connectivity index (χ3v) is 2.44. The molecule has 1 aromatic carbocycles. The summed E-state index contributed by atoms with van der Waals surface area (Å²) in [5.41, 5.74) is 3.52. The van der Waals surface area contributed by atoms with E-state index >= 15 is 0 Å². The third kappa shape index (κ3) is 2.15. The van der Waals surface area contributed by atoms with Crippen LogP contribution in [0.1, 0.15) is 24.0 Å². The summed E-state index contributed by atoms with van der Waals surface area (Å²) < 4.78 is 13.7. The van der Waals surface area contributed by atoms with Crippen LogP contribution in [0, 0.1) is 12.7 Å². The van der Waals surface area contributed by atoms with Crippen molar-refractivity contribution in [1.82, 2.24) is 5.43 Å². The highest BCUT2D eigenvalue weighted by molar-refractivity contribution is 5.99. The van der Waals surface area contributed by atoms with E-state index in [0.717, 1.165) is 12.8 Å². The van der Waals surface area contributed by atoms with Gasteiger partial charge in [-0.2, -0.15) is 0 Å². The molecular formula is C11H14FN3. The first-order valence-electron chi connectivity index (χ1n) is 5.02. The molecule has 3 N–H and O–H groups in total. The quantitative estimate of drug-likeness (QED) is 0.334. The van der Waals surface area contributed by atoms with E-state index < -0.39 is 0 Å². The lowest BCUT2D eigenvalue weighted by Crippen LogP contribution is -2.32. The summed E-state index contributed by atoms with van der Waals surface area (Å²) in [7, 11) is 0. The molecule has 1 saturated carbocycles. The zero-order chi connectivity index (χ0) is 10.8. The molecule has 0 aliphatic heterocycles. The Hall–Kier alpha value is -1.42. The number of benzene rings is 1. The highest BCUT2D eigenvalue weighted by Crippen LogP contribution is 2.24. The van der Waals surface area contributed by atoms with Gasteiger partial charge in [0.25, 0.3) is 0 Å². The fourth-order valence-corrected chi connectivity index (χ4v) is 1.40. The van der Waals surface area contributed by atoms with E-state index in [2.05, 4.69) is 10.4 Å². The van der Waals surface area contributed by atoms with Crippen LogP contribution in [0.25, 0.3) is 0 Å². The van der Waals surface area contributed by atoms with Gasteiger partial charge in [0.1, 0.15) is 11.7 Å². The molecule has 2 rings (SSSR count). The monoisotopic (exact) mass is 207 g/mol. The molecule has 0 aromatic heterocycles. The van der Waals surface area contributed by atoms with Gasteiger partial charge >= 0.3 is 0 Å². The van der Waals surface area contributed by atoms with E-state index in [1.54, 1.807) is 25.1 Å². The lowest BCUT2D eigenvalue weighted by Gasteiger charge is -2.08. The first-order chi connectivity index (χ1) is 7.22. The van der Waals surface area contributed by atoms with Gasteiger partial charge in [-0.05, 0) is 31.4 Å². The number of aliphatic imine (C=N–C) groups is 1. The van der Waals surface area contributed by atoms with Crippen molar-refractivity contribution >= 4 is 5.84 Å². The molecule has 15 heavy (non-hydrogen) atoms. The number of nitrogens with zero attached hydrogens (tertiary/aromatic N) is 1. The predicted molar refractivity (Wildman–Crippen MR) is 58.0 cm³/mol. The standard InChI is InChI=1S/C11H14FN3/c1-7-3-2-4-9(10(7)12)11(15-13)14-8-5-6-8/h2-4,8H,5-6,13H2,1H3,(H,14,15). The Balaban J connectivity index is 2.37. The minimum absolute atomic E-state index is 0.255. The lowest BCUT2D eigenvalue weighted by molar-refractivity contribution is 0.614. The Morgan fingerprint density at radius 2 is 2.27 bits per heavy atom. The third-order valence-electron chi connectivity index (χ3n) is 2.44. The SMILES string of the molecule is Cc1cccc(C(=NC2CC2)NN)c1F. The van der Waals surface area contributed by atoms with Crippen molar-refractivity contribution in [1.29, 1.82) is 0 Å². The molecule has 0 saturated heterocycles. The second kappa shape index (κ2) is 3.98. The molecule has 80 valence electrons. The second-order valence-corrected chi connectivity index (χ2v) is 3.79. The topological polar surface area (TPSA) is 50.4 Å². The number of halogens is 1. The Bertz CT molecular complexity index is 397. The van der Waals surface area contributed by atoms with Crippen molar-refractivity contribution < 1.29 is 4.39 Å². The Morgan fingerprint density at radius 1 is 1.53 bits per heavy atom.